The highest BCUT2D eigenvalue weighted by atomic mass is 16.3. The third-order valence-electron chi connectivity index (χ3n) is 11.1. The van der Waals surface area contributed by atoms with Gasteiger partial charge in [0.25, 0.3) is 0 Å². The highest BCUT2D eigenvalue weighted by Gasteiger charge is 2.37. The highest BCUT2D eigenvalue weighted by Crippen LogP contribution is 2.45. The number of hydrogen-bond donors (Lipinski definition) is 1. The van der Waals surface area contributed by atoms with Crippen LogP contribution in [0, 0.1) is 6.92 Å². The fourth-order valence-electron chi connectivity index (χ4n) is 8.21. The van der Waals surface area contributed by atoms with Crippen LogP contribution in [0.25, 0.3) is 22.3 Å². The third kappa shape index (κ3) is 7.44. The number of nitrogens with zero attached hydrogens (tertiary/aromatic N) is 2. The van der Waals surface area contributed by atoms with Crippen molar-refractivity contribution in [1.82, 2.24) is 0 Å². The van der Waals surface area contributed by atoms with E-state index in [9.17, 15) is 5.11 Å². The number of benzene rings is 9. The molecule has 59 heavy (non-hydrogen) atoms. The molecule has 9 rings (SSSR count). The summed E-state index contributed by atoms with van der Waals surface area (Å²) in [6, 6.07) is 83.8. The van der Waals surface area contributed by atoms with Crippen molar-refractivity contribution in [2.45, 2.75) is 12.5 Å². The number of anilines is 6. The van der Waals surface area contributed by atoms with Gasteiger partial charge in [-0.3, -0.25) is 0 Å². The first-order valence-electron chi connectivity index (χ1n) is 20.1. The van der Waals surface area contributed by atoms with Crippen LogP contribution in [0.15, 0.2) is 243 Å². The molecule has 0 radical (unpaired) electrons. The maximum absolute atomic E-state index is 13.7. The minimum absolute atomic E-state index is 0.772. The Morgan fingerprint density at radius 1 is 0.322 bits per heavy atom. The molecule has 9 aromatic rings. The molecule has 1 N–H and O–H groups in total. The Morgan fingerprint density at radius 2 is 0.746 bits per heavy atom. The molecule has 0 spiro atoms. The number of aliphatic hydroxyl groups is 1. The van der Waals surface area contributed by atoms with Crippen molar-refractivity contribution < 1.29 is 5.11 Å². The van der Waals surface area contributed by atoms with Crippen molar-refractivity contribution in [2.24, 2.45) is 0 Å². The molecule has 0 saturated carbocycles. The quantitative estimate of drug-likeness (QED) is 0.133. The van der Waals surface area contributed by atoms with Crippen LogP contribution in [0.1, 0.15) is 22.3 Å². The molecule has 0 aliphatic heterocycles. The Balaban J connectivity index is 1.19. The number of aryl methyl sites for hydroxylation is 1. The van der Waals surface area contributed by atoms with Gasteiger partial charge in [0, 0.05) is 39.7 Å². The van der Waals surface area contributed by atoms with Gasteiger partial charge in [-0.25, -0.2) is 0 Å². The zero-order valence-corrected chi connectivity index (χ0v) is 32.9. The molecule has 0 aliphatic carbocycles. The average Bonchev–Trinajstić information content (AvgIpc) is 3.31. The van der Waals surface area contributed by atoms with Crippen LogP contribution in [-0.4, -0.2) is 5.11 Å². The molecule has 284 valence electrons. The van der Waals surface area contributed by atoms with Crippen molar-refractivity contribution in [3.05, 3.63) is 265 Å². The molecule has 0 bridgehead atoms. The van der Waals surface area contributed by atoms with Crippen LogP contribution >= 0.6 is 0 Å². The molecule has 1 unspecified atom stereocenters. The second-order valence-corrected chi connectivity index (χ2v) is 14.8. The molecule has 9 aromatic carbocycles. The fourth-order valence-corrected chi connectivity index (χ4v) is 8.21. The van der Waals surface area contributed by atoms with Crippen LogP contribution in [0.4, 0.5) is 34.1 Å². The second kappa shape index (κ2) is 16.6. The maximum Gasteiger partial charge on any atom is 0.141 e. The van der Waals surface area contributed by atoms with Gasteiger partial charge in [-0.05, 0) is 125 Å². The van der Waals surface area contributed by atoms with E-state index in [1.807, 2.05) is 48.5 Å². The predicted octanol–water partition coefficient (Wildman–Crippen LogP) is 14.6. The molecule has 0 amide bonds. The van der Waals surface area contributed by atoms with Gasteiger partial charge in [0.05, 0.1) is 0 Å². The second-order valence-electron chi connectivity index (χ2n) is 14.8. The van der Waals surface area contributed by atoms with Gasteiger partial charge in [-0.15, -0.1) is 0 Å². The lowest BCUT2D eigenvalue weighted by molar-refractivity contribution is 0.126. The smallest absolute Gasteiger partial charge is 0.141 e. The first-order chi connectivity index (χ1) is 29.1. The third-order valence-corrected chi connectivity index (χ3v) is 11.1. The maximum atomic E-state index is 13.7. The van der Waals surface area contributed by atoms with E-state index in [-0.39, 0.29) is 0 Å². The lowest BCUT2D eigenvalue weighted by atomic mass is 9.76. The minimum atomic E-state index is -1.52. The lowest BCUT2D eigenvalue weighted by Gasteiger charge is -2.34. The topological polar surface area (TPSA) is 26.7 Å². The van der Waals surface area contributed by atoms with Gasteiger partial charge >= 0.3 is 0 Å². The first kappa shape index (κ1) is 37.1. The van der Waals surface area contributed by atoms with Gasteiger partial charge in [0.15, 0.2) is 0 Å². The van der Waals surface area contributed by atoms with E-state index < -0.39 is 5.60 Å². The summed E-state index contributed by atoms with van der Waals surface area (Å²) in [5, 5.41) is 13.7. The van der Waals surface area contributed by atoms with Gasteiger partial charge in [-0.1, -0.05) is 164 Å². The highest BCUT2D eigenvalue weighted by molar-refractivity contribution is 5.82. The summed E-state index contributed by atoms with van der Waals surface area (Å²) in [6.07, 6.45) is 0. The number of rotatable bonds is 11. The van der Waals surface area contributed by atoms with E-state index in [1.54, 1.807) is 0 Å². The SMILES string of the molecule is Cc1cc(N(c2ccccc2)c2ccccc2)ccc1-c1ccccc1C(O)(c1ccc(N(c2ccccc2)c2ccccc2)cc1)c1cccc(-c2ccccc2)c1. The monoisotopic (exact) mass is 760 g/mol. The van der Waals surface area contributed by atoms with Crippen molar-refractivity contribution in [2.75, 3.05) is 9.80 Å². The molecule has 3 nitrogen and oxygen atoms in total. The van der Waals surface area contributed by atoms with Crippen molar-refractivity contribution >= 4 is 34.1 Å². The van der Waals surface area contributed by atoms with Crippen LogP contribution in [0.3, 0.4) is 0 Å². The molecular formula is C56H44N2O. The lowest BCUT2D eigenvalue weighted by Crippen LogP contribution is -2.30. The molecule has 0 aliphatic rings. The van der Waals surface area contributed by atoms with Crippen molar-refractivity contribution in [1.29, 1.82) is 0 Å². The van der Waals surface area contributed by atoms with E-state index in [1.165, 1.54) is 0 Å². The summed E-state index contributed by atoms with van der Waals surface area (Å²) >= 11 is 0. The van der Waals surface area contributed by atoms with Crippen molar-refractivity contribution in [3.63, 3.8) is 0 Å². The first-order valence-corrected chi connectivity index (χ1v) is 20.1. The van der Waals surface area contributed by atoms with Gasteiger partial charge in [0.2, 0.25) is 0 Å². The summed E-state index contributed by atoms with van der Waals surface area (Å²) in [4.78, 5) is 4.52. The zero-order chi connectivity index (χ0) is 40.0. The zero-order valence-electron chi connectivity index (χ0n) is 32.9. The molecular weight excluding hydrogens is 717 g/mol. The Bertz CT molecular complexity index is 2690. The Labute approximate surface area is 347 Å². The molecule has 0 heterocycles. The Hall–Kier alpha value is -7.46. The van der Waals surface area contributed by atoms with Crippen LogP contribution in [0.2, 0.25) is 0 Å². The van der Waals surface area contributed by atoms with E-state index >= 15 is 0 Å². The fraction of sp³-hybridized carbons (Fsp3) is 0.0357. The van der Waals surface area contributed by atoms with E-state index in [0.29, 0.717) is 0 Å². The summed E-state index contributed by atoms with van der Waals surface area (Å²) in [5.41, 5.74) is 12.4. The Kier molecular flexibility index (Phi) is 10.4. The van der Waals surface area contributed by atoms with Gasteiger partial charge in [0.1, 0.15) is 5.60 Å². The summed E-state index contributed by atoms with van der Waals surface area (Å²) in [7, 11) is 0. The van der Waals surface area contributed by atoms with Crippen LogP contribution < -0.4 is 9.80 Å². The molecule has 0 saturated heterocycles. The minimum Gasteiger partial charge on any atom is -0.376 e. The largest absolute Gasteiger partial charge is 0.376 e. The van der Waals surface area contributed by atoms with E-state index in [0.717, 1.165) is 78.6 Å². The molecule has 0 fully saturated rings. The number of hydrogen-bond acceptors (Lipinski definition) is 3. The molecule has 1 atom stereocenters. The van der Waals surface area contributed by atoms with Crippen molar-refractivity contribution in [3.8, 4) is 22.3 Å². The van der Waals surface area contributed by atoms with E-state index in [2.05, 4.69) is 211 Å². The van der Waals surface area contributed by atoms with E-state index in [4.69, 9.17) is 0 Å². The summed E-state index contributed by atoms with van der Waals surface area (Å²) in [5.74, 6) is 0. The molecule has 0 aromatic heterocycles. The van der Waals surface area contributed by atoms with Crippen LogP contribution in [-0.2, 0) is 5.60 Å². The summed E-state index contributed by atoms with van der Waals surface area (Å²) < 4.78 is 0. The number of para-hydroxylation sites is 4. The molecule has 3 heteroatoms. The Morgan fingerprint density at radius 3 is 1.27 bits per heavy atom. The van der Waals surface area contributed by atoms with Gasteiger partial charge < -0.3 is 14.9 Å². The summed E-state index contributed by atoms with van der Waals surface area (Å²) in [6.45, 7) is 2.16. The predicted molar refractivity (Wildman–Crippen MR) is 246 cm³/mol. The average molecular weight is 761 g/mol. The van der Waals surface area contributed by atoms with Gasteiger partial charge in [-0.2, -0.15) is 0 Å². The standard InChI is InChI=1S/C56H44N2O/c1-42-40-52(58(49-28-13-5-14-29-49)50-30-15-6-16-31-50)38-39-53(42)54-32-17-18-33-55(54)56(59,46-23-19-22-44(41-46)43-20-7-2-8-21-43)45-34-36-51(37-35-45)57(47-24-9-3-10-25-47)48-26-11-4-12-27-48/h2-41,59H,1H3. The van der Waals surface area contributed by atoms with Crippen LogP contribution in [0.5, 0.6) is 0 Å². The normalized spacial score (nSPS) is 12.0.